The summed E-state index contributed by atoms with van der Waals surface area (Å²) in [7, 11) is 0. The van der Waals surface area contributed by atoms with Gasteiger partial charge >= 0.3 is 11.9 Å². The molecule has 0 rings (SSSR count). The van der Waals surface area contributed by atoms with E-state index in [0.717, 1.165) is 19.3 Å². The average Bonchev–Trinajstić information content (AvgIpc) is 2.39. The molecule has 1 atom stereocenters. The zero-order chi connectivity index (χ0) is 15.2. The van der Waals surface area contributed by atoms with Gasteiger partial charge in [-0.25, -0.2) is 0 Å². The summed E-state index contributed by atoms with van der Waals surface area (Å²) in [5.41, 5.74) is 0. The first-order valence-electron chi connectivity index (χ1n) is 7.69. The normalized spacial score (nSPS) is 11.5. The van der Waals surface area contributed by atoms with Gasteiger partial charge in [-0.1, -0.05) is 64.0 Å². The second kappa shape index (κ2) is 19.2. The number of rotatable bonds is 13. The Kier molecular flexibility index (Phi) is 23.6. The third kappa shape index (κ3) is 18.2. The molecule has 0 bridgehead atoms. The second-order valence-electron chi connectivity index (χ2n) is 5.23. The van der Waals surface area contributed by atoms with Crippen LogP contribution in [0.15, 0.2) is 12.2 Å². The first kappa shape index (κ1) is 27.0. The number of aliphatic carboxylic acids is 2. The van der Waals surface area contributed by atoms with Crippen LogP contribution in [0.1, 0.15) is 71.1 Å². The first-order chi connectivity index (χ1) is 9.57. The Morgan fingerprint density at radius 3 is 1.86 bits per heavy atom. The van der Waals surface area contributed by atoms with E-state index in [1.54, 1.807) is 6.08 Å². The quantitative estimate of drug-likeness (QED) is 0.226. The van der Waals surface area contributed by atoms with Crippen molar-refractivity contribution >= 4 is 11.9 Å². The minimum Gasteiger partial charge on any atom is -0.481 e. The summed E-state index contributed by atoms with van der Waals surface area (Å²) >= 11 is 0. The van der Waals surface area contributed by atoms with E-state index in [4.69, 9.17) is 10.2 Å². The molecule has 0 amide bonds. The fourth-order valence-electron chi connectivity index (χ4n) is 2.08. The number of allylic oxidation sites excluding steroid dienone is 1. The number of carboxylic acid groups (broad SMARTS) is 2. The number of hydrogen-bond donors (Lipinski definition) is 2. The van der Waals surface area contributed by atoms with Crippen molar-refractivity contribution in [2.75, 3.05) is 0 Å². The van der Waals surface area contributed by atoms with Crippen LogP contribution in [0.3, 0.4) is 0 Å². The van der Waals surface area contributed by atoms with Crippen molar-refractivity contribution in [2.24, 2.45) is 5.92 Å². The van der Waals surface area contributed by atoms with Crippen LogP contribution in [0, 0.1) is 5.92 Å². The van der Waals surface area contributed by atoms with Crippen molar-refractivity contribution in [3.63, 3.8) is 0 Å². The van der Waals surface area contributed by atoms with Crippen LogP contribution < -0.4 is 0 Å². The fraction of sp³-hybridized carbons (Fsp3) is 0.750. The maximum absolute atomic E-state index is 10.8. The Balaban J connectivity index is -0.00000180. The summed E-state index contributed by atoms with van der Waals surface area (Å²) < 4.78 is 0. The van der Waals surface area contributed by atoms with Gasteiger partial charge in [0.15, 0.2) is 0 Å². The van der Waals surface area contributed by atoms with Crippen LogP contribution >= 0.6 is 0 Å². The molecule has 2 N–H and O–H groups in total. The van der Waals surface area contributed by atoms with E-state index in [9.17, 15) is 9.59 Å². The molecule has 2 radical (unpaired) electrons. The molecular formula is C16H28Ag2O4. The van der Waals surface area contributed by atoms with Gasteiger partial charge in [0.05, 0.1) is 12.3 Å². The van der Waals surface area contributed by atoms with Crippen LogP contribution in [0.25, 0.3) is 0 Å². The summed E-state index contributed by atoms with van der Waals surface area (Å²) in [5.74, 6) is -3.05. The van der Waals surface area contributed by atoms with Gasteiger partial charge in [0.25, 0.3) is 0 Å². The van der Waals surface area contributed by atoms with Gasteiger partial charge in [-0.15, -0.1) is 0 Å². The topological polar surface area (TPSA) is 74.6 Å². The molecule has 4 nitrogen and oxygen atoms in total. The van der Waals surface area contributed by atoms with Gasteiger partial charge < -0.3 is 10.2 Å². The molecule has 0 fully saturated rings. The minimum atomic E-state index is -1.07. The van der Waals surface area contributed by atoms with Crippen molar-refractivity contribution in [1.29, 1.82) is 0 Å². The molecule has 6 heteroatoms. The summed E-state index contributed by atoms with van der Waals surface area (Å²) in [6, 6.07) is 0. The van der Waals surface area contributed by atoms with E-state index in [-0.39, 0.29) is 51.2 Å². The van der Waals surface area contributed by atoms with E-state index >= 15 is 0 Å². The molecule has 1 unspecified atom stereocenters. The fourth-order valence-corrected chi connectivity index (χ4v) is 2.08. The molecule has 0 aliphatic carbocycles. The van der Waals surface area contributed by atoms with Gasteiger partial charge in [0.1, 0.15) is 0 Å². The molecule has 0 aliphatic rings. The average molecular weight is 500 g/mol. The summed E-state index contributed by atoms with van der Waals surface area (Å²) in [6.45, 7) is 2.21. The van der Waals surface area contributed by atoms with Gasteiger partial charge in [-0.2, -0.15) is 0 Å². The molecular weight excluding hydrogens is 472 g/mol. The summed E-state index contributed by atoms with van der Waals surface area (Å²) in [5, 5.41) is 17.4. The van der Waals surface area contributed by atoms with Crippen LogP contribution in [0.5, 0.6) is 0 Å². The Morgan fingerprint density at radius 1 is 0.909 bits per heavy atom. The molecule has 0 spiro atoms. The zero-order valence-electron chi connectivity index (χ0n) is 13.1. The standard InChI is InChI=1S/C16H28O4.2Ag/c1-2-3-4-5-6-7-8-9-10-11-12-14(16(19)20)13-15(17)18;;/h11-12,14H,2-10,13H2,1H3,(H,17,18)(H,19,20);;/b12-11-;;. The molecule has 0 aromatic carbocycles. The number of carbonyl (C=O) groups is 2. The van der Waals surface area contributed by atoms with Crippen molar-refractivity contribution in [3.8, 4) is 0 Å². The largest absolute Gasteiger partial charge is 0.481 e. The third-order valence-corrected chi connectivity index (χ3v) is 3.30. The van der Waals surface area contributed by atoms with Crippen molar-refractivity contribution < 1.29 is 64.6 Å². The van der Waals surface area contributed by atoms with Gasteiger partial charge in [0, 0.05) is 44.8 Å². The molecule has 22 heavy (non-hydrogen) atoms. The predicted octanol–water partition coefficient (Wildman–Crippen LogP) is 4.24. The monoisotopic (exact) mass is 498 g/mol. The van der Waals surface area contributed by atoms with Crippen LogP contribution in [0.4, 0.5) is 0 Å². The third-order valence-electron chi connectivity index (χ3n) is 3.30. The van der Waals surface area contributed by atoms with Crippen molar-refractivity contribution in [1.82, 2.24) is 0 Å². The van der Waals surface area contributed by atoms with E-state index in [1.165, 1.54) is 44.6 Å². The minimum absolute atomic E-state index is 0. The van der Waals surface area contributed by atoms with Gasteiger partial charge in [0.2, 0.25) is 0 Å². The van der Waals surface area contributed by atoms with E-state index in [2.05, 4.69) is 6.92 Å². The maximum Gasteiger partial charge on any atom is 0.310 e. The molecule has 138 valence electrons. The first-order valence-corrected chi connectivity index (χ1v) is 7.69. The van der Waals surface area contributed by atoms with Gasteiger partial charge in [-0.05, 0) is 12.8 Å². The van der Waals surface area contributed by atoms with Crippen LogP contribution in [-0.4, -0.2) is 22.2 Å². The van der Waals surface area contributed by atoms with E-state index < -0.39 is 17.9 Å². The molecule has 0 aromatic rings. The zero-order valence-corrected chi connectivity index (χ0v) is 16.1. The molecule has 0 saturated heterocycles. The van der Waals surface area contributed by atoms with Crippen molar-refractivity contribution in [3.05, 3.63) is 12.2 Å². The second-order valence-corrected chi connectivity index (χ2v) is 5.23. The molecule has 0 aromatic heterocycles. The van der Waals surface area contributed by atoms with Crippen LogP contribution in [0.2, 0.25) is 0 Å². The Bertz CT molecular complexity index is 307. The smallest absolute Gasteiger partial charge is 0.310 e. The summed E-state index contributed by atoms with van der Waals surface area (Å²) in [6.07, 6.45) is 13.7. The maximum atomic E-state index is 10.8. The number of hydrogen-bond acceptors (Lipinski definition) is 2. The van der Waals surface area contributed by atoms with Gasteiger partial charge in [-0.3, -0.25) is 9.59 Å². The Hall–Kier alpha value is 0.161. The van der Waals surface area contributed by atoms with Crippen molar-refractivity contribution in [2.45, 2.75) is 71.1 Å². The molecule has 0 heterocycles. The predicted molar refractivity (Wildman–Crippen MR) is 79.7 cm³/mol. The molecule has 0 saturated carbocycles. The number of unbranched alkanes of at least 4 members (excludes halogenated alkanes) is 8. The Labute approximate surface area is 165 Å². The van der Waals surface area contributed by atoms with Crippen LogP contribution in [-0.2, 0) is 54.3 Å². The summed E-state index contributed by atoms with van der Waals surface area (Å²) in [4.78, 5) is 21.3. The van der Waals surface area contributed by atoms with E-state index in [1.807, 2.05) is 0 Å². The van der Waals surface area contributed by atoms with E-state index in [0.29, 0.717) is 0 Å². The number of carboxylic acids is 2. The SMILES string of the molecule is CCCCCCCCCC/C=C\C(CC(=O)O)C(=O)O.[Ag].[Ag]. The Morgan fingerprint density at radius 2 is 1.41 bits per heavy atom. The molecule has 0 aliphatic heterocycles.